The number of pyridine rings is 1. The van der Waals surface area contributed by atoms with E-state index >= 15 is 0 Å². The Morgan fingerprint density at radius 2 is 1.79 bits per heavy atom. The van der Waals surface area contributed by atoms with Crippen molar-refractivity contribution in [2.45, 2.75) is 26.9 Å². The van der Waals surface area contributed by atoms with Gasteiger partial charge in [0, 0.05) is 12.3 Å². The van der Waals surface area contributed by atoms with Crippen LogP contribution in [0.4, 0.5) is 19.1 Å². The maximum absolute atomic E-state index is 12.2. The van der Waals surface area contributed by atoms with Gasteiger partial charge < -0.3 is 18.6 Å². The first-order chi connectivity index (χ1) is 15.4. The van der Waals surface area contributed by atoms with Gasteiger partial charge in [0.05, 0.1) is 17.7 Å². The monoisotopic (exact) mass is 472 g/mol. The second-order valence-corrected chi connectivity index (χ2v) is 6.43. The zero-order chi connectivity index (χ0) is 24.8. The molecule has 2 aromatic rings. The first kappa shape index (κ1) is 25.4. The molecule has 0 aliphatic heterocycles. The highest BCUT2D eigenvalue weighted by atomic mass is 19.4. The Bertz CT molecular complexity index is 1040. The van der Waals surface area contributed by atoms with Crippen LogP contribution in [-0.2, 0) is 14.3 Å². The van der Waals surface area contributed by atoms with Gasteiger partial charge in [0.25, 0.3) is 5.91 Å². The van der Waals surface area contributed by atoms with Crippen LogP contribution in [0.15, 0.2) is 22.7 Å². The summed E-state index contributed by atoms with van der Waals surface area (Å²) in [5.74, 6) is -3.88. The van der Waals surface area contributed by atoms with Gasteiger partial charge in [0.15, 0.2) is 19.0 Å². The first-order valence-corrected chi connectivity index (χ1v) is 9.37. The summed E-state index contributed by atoms with van der Waals surface area (Å²) < 4.78 is 55.8. The molecule has 178 valence electrons. The number of aromatic nitrogens is 1. The highest BCUT2D eigenvalue weighted by Gasteiger charge is 2.30. The number of esters is 2. The van der Waals surface area contributed by atoms with E-state index < -0.39 is 43.0 Å². The van der Waals surface area contributed by atoms with Gasteiger partial charge in [0.2, 0.25) is 11.8 Å². The quantitative estimate of drug-likeness (QED) is 0.431. The normalized spacial score (nSPS) is 11.0. The summed E-state index contributed by atoms with van der Waals surface area (Å²) in [6.07, 6.45) is -3.63. The molecule has 1 amide bonds. The number of aryl methyl sites for hydroxylation is 1. The number of carbonyl (C=O) groups excluding carboxylic acids is 4. The molecule has 2 aromatic heterocycles. The van der Waals surface area contributed by atoms with Crippen LogP contribution in [0.2, 0.25) is 0 Å². The molecule has 13 heteroatoms. The molecule has 0 aromatic carbocycles. The number of amides is 1. The summed E-state index contributed by atoms with van der Waals surface area (Å²) in [6.45, 7) is 1.85. The highest BCUT2D eigenvalue weighted by molar-refractivity contribution is 6.10. The molecule has 0 spiro atoms. The van der Waals surface area contributed by atoms with Gasteiger partial charge in [-0.1, -0.05) is 0 Å². The molecule has 0 fully saturated rings. The van der Waals surface area contributed by atoms with Crippen LogP contribution < -0.4 is 10.1 Å². The minimum Gasteiger partial charge on any atom is -0.468 e. The van der Waals surface area contributed by atoms with Crippen molar-refractivity contribution in [3.63, 3.8) is 0 Å². The highest BCUT2D eigenvalue weighted by Crippen LogP contribution is 2.28. The molecule has 2 rings (SSSR count). The number of ketones is 1. The van der Waals surface area contributed by atoms with Gasteiger partial charge in [-0.05, 0) is 26.8 Å². The Balaban J connectivity index is 2.01. The number of Topliss-reactive ketones (excluding diaryl/α,β-unsaturated/α-hetero) is 1. The zero-order valence-corrected chi connectivity index (χ0v) is 17.7. The second kappa shape index (κ2) is 10.6. The number of hydrogen-bond donors (Lipinski definition) is 1. The van der Waals surface area contributed by atoms with Crippen LogP contribution in [0.3, 0.4) is 0 Å². The van der Waals surface area contributed by atoms with Crippen LogP contribution in [0.5, 0.6) is 5.88 Å². The van der Waals surface area contributed by atoms with Crippen molar-refractivity contribution in [2.24, 2.45) is 0 Å². The number of hydrogen-bond acceptors (Lipinski definition) is 9. The fourth-order valence-corrected chi connectivity index (χ4v) is 2.57. The van der Waals surface area contributed by atoms with Crippen molar-refractivity contribution in [3.8, 4) is 5.88 Å². The number of rotatable bonds is 9. The molecular weight excluding hydrogens is 453 g/mol. The van der Waals surface area contributed by atoms with Crippen molar-refractivity contribution < 1.29 is 51.0 Å². The SMILES string of the molecule is CCOC(=O)c1c(NC(=O)COC(=O)c2ccc(OCC(F)(F)F)nc2)oc(C)c1C(C)=O. The lowest BCUT2D eigenvalue weighted by molar-refractivity contribution is -0.154. The number of anilines is 1. The van der Waals surface area contributed by atoms with Crippen molar-refractivity contribution in [1.29, 1.82) is 0 Å². The molecule has 0 radical (unpaired) electrons. The Morgan fingerprint density at radius 3 is 2.33 bits per heavy atom. The van der Waals surface area contributed by atoms with Gasteiger partial charge in [-0.15, -0.1) is 0 Å². The van der Waals surface area contributed by atoms with Gasteiger partial charge in [-0.3, -0.25) is 14.9 Å². The summed E-state index contributed by atoms with van der Waals surface area (Å²) in [4.78, 5) is 51.8. The molecular formula is C20H19F3N2O8. The zero-order valence-electron chi connectivity index (χ0n) is 17.7. The third kappa shape index (κ3) is 7.05. The molecule has 0 saturated carbocycles. The van der Waals surface area contributed by atoms with E-state index in [1.54, 1.807) is 6.92 Å². The molecule has 0 unspecified atom stereocenters. The molecule has 1 N–H and O–H groups in total. The van der Waals surface area contributed by atoms with Crippen LogP contribution in [-0.4, -0.2) is 54.6 Å². The summed E-state index contributed by atoms with van der Waals surface area (Å²) in [5.41, 5.74) is -0.470. The summed E-state index contributed by atoms with van der Waals surface area (Å²) >= 11 is 0. The summed E-state index contributed by atoms with van der Waals surface area (Å²) in [6, 6.07) is 2.13. The van der Waals surface area contributed by atoms with E-state index in [-0.39, 0.29) is 40.8 Å². The van der Waals surface area contributed by atoms with Crippen molar-refractivity contribution in [1.82, 2.24) is 4.98 Å². The topological polar surface area (TPSA) is 134 Å². The maximum Gasteiger partial charge on any atom is 0.422 e. The number of carbonyl (C=O) groups is 4. The van der Waals surface area contributed by atoms with Crippen LogP contribution in [0, 0.1) is 6.92 Å². The van der Waals surface area contributed by atoms with E-state index in [1.807, 2.05) is 0 Å². The van der Waals surface area contributed by atoms with E-state index in [0.717, 1.165) is 18.3 Å². The van der Waals surface area contributed by atoms with Crippen molar-refractivity contribution >= 4 is 29.5 Å². The number of alkyl halides is 3. The average Bonchev–Trinajstić information content (AvgIpc) is 3.06. The lowest BCUT2D eigenvalue weighted by Gasteiger charge is -2.09. The van der Waals surface area contributed by atoms with Crippen molar-refractivity contribution in [3.05, 3.63) is 40.8 Å². The Labute approximate surface area is 185 Å². The number of halogens is 3. The van der Waals surface area contributed by atoms with Crippen molar-refractivity contribution in [2.75, 3.05) is 25.1 Å². The molecule has 2 heterocycles. The van der Waals surface area contributed by atoms with Gasteiger partial charge in [-0.25, -0.2) is 14.6 Å². The predicted octanol–water partition coefficient (Wildman–Crippen LogP) is 3.10. The molecule has 10 nitrogen and oxygen atoms in total. The Morgan fingerprint density at radius 1 is 1.09 bits per heavy atom. The standard InChI is InChI=1S/C20H19F3N2O8/c1-4-30-19(29)16-15(10(2)26)11(3)33-17(16)25-13(27)8-31-18(28)12-5-6-14(24-7-12)32-9-20(21,22)23/h5-7H,4,8-9H2,1-3H3,(H,25,27). The predicted molar refractivity (Wildman–Crippen MR) is 104 cm³/mol. The lowest BCUT2D eigenvalue weighted by Crippen LogP contribution is -2.22. The van der Waals surface area contributed by atoms with E-state index in [9.17, 15) is 32.3 Å². The number of furan rings is 1. The number of nitrogens with zero attached hydrogens (tertiary/aromatic N) is 1. The minimum absolute atomic E-state index is 0.0134. The van der Waals surface area contributed by atoms with E-state index in [4.69, 9.17) is 13.9 Å². The third-order valence-electron chi connectivity index (χ3n) is 3.86. The minimum atomic E-state index is -4.54. The van der Waals surface area contributed by atoms with Gasteiger partial charge >= 0.3 is 18.1 Å². The van der Waals surface area contributed by atoms with E-state index in [1.165, 1.54) is 13.8 Å². The molecule has 0 atom stereocenters. The molecule has 0 saturated heterocycles. The van der Waals surface area contributed by atoms with Crippen LogP contribution in [0.25, 0.3) is 0 Å². The number of nitrogens with one attached hydrogen (secondary N) is 1. The Hall–Kier alpha value is -3.90. The summed E-state index contributed by atoms with van der Waals surface area (Å²) in [7, 11) is 0. The van der Waals surface area contributed by atoms with Gasteiger partial charge in [0.1, 0.15) is 11.3 Å². The van der Waals surface area contributed by atoms with Gasteiger partial charge in [-0.2, -0.15) is 13.2 Å². The summed E-state index contributed by atoms with van der Waals surface area (Å²) in [5, 5.41) is 2.23. The first-order valence-electron chi connectivity index (χ1n) is 9.37. The molecule has 0 aliphatic rings. The molecule has 0 bridgehead atoms. The number of ether oxygens (including phenoxy) is 3. The third-order valence-corrected chi connectivity index (χ3v) is 3.86. The molecule has 33 heavy (non-hydrogen) atoms. The largest absolute Gasteiger partial charge is 0.468 e. The smallest absolute Gasteiger partial charge is 0.422 e. The van der Waals surface area contributed by atoms with E-state index in [2.05, 4.69) is 15.0 Å². The van der Waals surface area contributed by atoms with E-state index in [0.29, 0.717) is 0 Å². The maximum atomic E-state index is 12.2. The fourth-order valence-electron chi connectivity index (χ4n) is 2.57. The second-order valence-electron chi connectivity index (χ2n) is 6.43. The average molecular weight is 472 g/mol. The Kier molecular flexibility index (Phi) is 8.16. The molecule has 0 aliphatic carbocycles. The van der Waals surface area contributed by atoms with Crippen LogP contribution in [0.1, 0.15) is 50.7 Å². The lowest BCUT2D eigenvalue weighted by atomic mass is 10.1. The fraction of sp³-hybridized carbons (Fsp3) is 0.350. The van der Waals surface area contributed by atoms with Crippen LogP contribution >= 0.6 is 0 Å².